The largest absolute Gasteiger partial charge is 0.482 e. The summed E-state index contributed by atoms with van der Waals surface area (Å²) < 4.78 is 24.3. The Morgan fingerprint density at radius 1 is 1.22 bits per heavy atom. The van der Waals surface area contributed by atoms with Crippen LogP contribution in [0.15, 0.2) is 18.2 Å². The Hall–Kier alpha value is -2.26. The fourth-order valence-corrected chi connectivity index (χ4v) is 6.28. The van der Waals surface area contributed by atoms with Crippen molar-refractivity contribution in [3.63, 3.8) is 0 Å². The van der Waals surface area contributed by atoms with E-state index >= 15 is 0 Å². The van der Waals surface area contributed by atoms with Gasteiger partial charge in [-0.25, -0.2) is 9.59 Å². The van der Waals surface area contributed by atoms with Crippen LogP contribution in [0.3, 0.4) is 0 Å². The SMILES string of the molecule is CC1(C)OC(=O)c2cccc(C[C@H](NC(N)=O)B3OC4C[C@@H]5C[C@@H](C5(C)C)[C@]4(C)O3)c2O1. The Kier molecular flexibility index (Phi) is 4.63. The number of hydrogen-bond donors (Lipinski definition) is 2. The molecule has 0 radical (unpaired) electrons. The third kappa shape index (κ3) is 3.20. The quantitative estimate of drug-likeness (QED) is 0.548. The van der Waals surface area contributed by atoms with Crippen molar-refractivity contribution in [2.75, 3.05) is 0 Å². The van der Waals surface area contributed by atoms with Crippen LogP contribution in [-0.2, 0) is 20.5 Å². The number of hydrogen-bond acceptors (Lipinski definition) is 6. The van der Waals surface area contributed by atoms with Crippen LogP contribution in [0.25, 0.3) is 0 Å². The van der Waals surface area contributed by atoms with E-state index in [-0.39, 0.29) is 11.5 Å². The van der Waals surface area contributed by atoms with Gasteiger partial charge < -0.3 is 29.8 Å². The Bertz CT molecular complexity index is 981. The Balaban J connectivity index is 1.43. The lowest BCUT2D eigenvalue weighted by molar-refractivity contribution is -0.199. The molecule has 2 amide bonds. The number of urea groups is 1. The maximum atomic E-state index is 12.4. The van der Waals surface area contributed by atoms with Crippen molar-refractivity contribution in [1.29, 1.82) is 0 Å². The normalized spacial score (nSPS) is 34.3. The third-order valence-electron chi connectivity index (χ3n) is 8.07. The summed E-state index contributed by atoms with van der Waals surface area (Å²) in [6.45, 7) is 10.1. The predicted molar refractivity (Wildman–Crippen MR) is 117 cm³/mol. The van der Waals surface area contributed by atoms with Crippen molar-refractivity contribution in [1.82, 2.24) is 5.32 Å². The molecule has 0 aromatic heterocycles. The first-order valence-corrected chi connectivity index (χ1v) is 11.3. The first-order chi connectivity index (χ1) is 14.9. The van der Waals surface area contributed by atoms with Crippen molar-refractivity contribution in [2.45, 2.75) is 77.3 Å². The van der Waals surface area contributed by atoms with E-state index in [1.54, 1.807) is 26.0 Å². The summed E-state index contributed by atoms with van der Waals surface area (Å²) in [5.41, 5.74) is 6.43. The first kappa shape index (κ1) is 21.6. The lowest BCUT2D eigenvalue weighted by Gasteiger charge is -2.64. The van der Waals surface area contributed by atoms with Crippen molar-refractivity contribution in [3.8, 4) is 5.75 Å². The third-order valence-corrected chi connectivity index (χ3v) is 8.07. The molecule has 0 spiro atoms. The number of amides is 2. The number of nitrogens with one attached hydrogen (secondary N) is 1. The van der Waals surface area contributed by atoms with E-state index in [1.807, 2.05) is 6.07 Å². The van der Waals surface area contributed by atoms with Gasteiger partial charge >= 0.3 is 19.1 Å². The summed E-state index contributed by atoms with van der Waals surface area (Å²) in [6, 6.07) is 4.65. The molecule has 2 aliphatic heterocycles. The molecular formula is C23H31BN2O6. The number of carbonyl (C=O) groups is 2. The molecule has 5 atom stereocenters. The molecule has 172 valence electrons. The topological polar surface area (TPSA) is 109 Å². The minimum atomic E-state index is -1.08. The highest BCUT2D eigenvalue weighted by molar-refractivity contribution is 6.48. The van der Waals surface area contributed by atoms with Gasteiger partial charge in [0.15, 0.2) is 0 Å². The molecule has 8 nitrogen and oxygen atoms in total. The Labute approximate surface area is 188 Å². The zero-order chi connectivity index (χ0) is 23.1. The fourth-order valence-electron chi connectivity index (χ4n) is 6.28. The average molecular weight is 442 g/mol. The second kappa shape index (κ2) is 6.87. The molecule has 9 heteroatoms. The van der Waals surface area contributed by atoms with Crippen LogP contribution in [0.5, 0.6) is 5.75 Å². The number of carbonyl (C=O) groups excluding carboxylic acids is 2. The first-order valence-electron chi connectivity index (χ1n) is 11.3. The van der Waals surface area contributed by atoms with Crippen LogP contribution in [0.4, 0.5) is 4.79 Å². The summed E-state index contributed by atoms with van der Waals surface area (Å²) in [5, 5.41) is 2.80. The van der Waals surface area contributed by atoms with Crippen molar-refractivity contribution >= 4 is 19.1 Å². The lowest BCUT2D eigenvalue weighted by Crippen LogP contribution is -2.65. The molecule has 1 saturated heterocycles. The van der Waals surface area contributed by atoms with Crippen molar-refractivity contribution < 1.29 is 28.4 Å². The zero-order valence-corrected chi connectivity index (χ0v) is 19.3. The fraction of sp³-hybridized carbons (Fsp3) is 0.652. The number of fused-ring (bicyclic) bond motifs is 1. The van der Waals surface area contributed by atoms with E-state index < -0.39 is 36.4 Å². The molecule has 2 heterocycles. The number of cyclic esters (lactones) is 1. The van der Waals surface area contributed by atoms with Gasteiger partial charge in [-0.1, -0.05) is 26.0 Å². The molecule has 3 saturated carbocycles. The van der Waals surface area contributed by atoms with Gasteiger partial charge in [0.2, 0.25) is 5.79 Å². The standard InChI is InChI=1S/C23H31BN2O6/c1-21(2)13-10-15(21)23(5)16(11-13)31-24(32-23)17(26-20(25)28)9-12-7-6-8-14-18(12)29-22(3,4)30-19(14)27/h6-8,13,15-17H,9-11H2,1-5H3,(H3,25,26,28)/t13-,15-,16?,17-,23-/m0/s1. The average Bonchev–Trinajstić information content (AvgIpc) is 3.04. The van der Waals surface area contributed by atoms with Crippen LogP contribution in [0.1, 0.15) is 63.4 Å². The molecule has 1 aromatic carbocycles. The highest BCUT2D eigenvalue weighted by Gasteiger charge is 2.68. The molecule has 1 unspecified atom stereocenters. The number of esters is 1. The number of nitrogens with two attached hydrogens (primary N) is 1. The summed E-state index contributed by atoms with van der Waals surface area (Å²) >= 11 is 0. The van der Waals surface area contributed by atoms with Gasteiger partial charge in [-0.2, -0.15) is 0 Å². The predicted octanol–water partition coefficient (Wildman–Crippen LogP) is 2.82. The summed E-state index contributed by atoms with van der Waals surface area (Å²) in [7, 11) is -0.646. The van der Waals surface area contributed by atoms with Crippen molar-refractivity contribution in [3.05, 3.63) is 29.3 Å². The number of rotatable bonds is 4. The van der Waals surface area contributed by atoms with E-state index in [1.165, 1.54) is 0 Å². The van der Waals surface area contributed by atoms with Gasteiger partial charge in [0.05, 0.1) is 17.6 Å². The van der Waals surface area contributed by atoms with Crippen molar-refractivity contribution in [2.24, 2.45) is 23.0 Å². The van der Waals surface area contributed by atoms with Crippen LogP contribution in [-0.4, -0.2) is 42.6 Å². The number of benzene rings is 1. The highest BCUT2D eigenvalue weighted by Crippen LogP contribution is 2.65. The smallest absolute Gasteiger partial charge is 0.452 e. The highest BCUT2D eigenvalue weighted by atomic mass is 16.7. The second-order valence-electron chi connectivity index (χ2n) is 10.8. The molecule has 32 heavy (non-hydrogen) atoms. The van der Waals surface area contributed by atoms with E-state index in [2.05, 4.69) is 26.1 Å². The Morgan fingerprint density at radius 3 is 2.66 bits per heavy atom. The van der Waals surface area contributed by atoms with Gasteiger partial charge in [0.1, 0.15) is 11.3 Å². The lowest BCUT2D eigenvalue weighted by atomic mass is 9.43. The number of ether oxygens (including phenoxy) is 2. The molecule has 1 aromatic rings. The van der Waals surface area contributed by atoms with Crippen LogP contribution in [0.2, 0.25) is 0 Å². The van der Waals surface area contributed by atoms with E-state index in [9.17, 15) is 9.59 Å². The molecule has 3 aliphatic carbocycles. The van der Waals surface area contributed by atoms with Crippen LogP contribution < -0.4 is 15.8 Å². The monoisotopic (exact) mass is 442 g/mol. The zero-order valence-electron chi connectivity index (χ0n) is 19.3. The molecule has 3 N–H and O–H groups in total. The summed E-state index contributed by atoms with van der Waals surface area (Å²) in [5.74, 6) is -0.574. The molecule has 6 rings (SSSR count). The van der Waals surface area contributed by atoms with Gasteiger partial charge in [0, 0.05) is 13.8 Å². The molecule has 2 bridgehead atoms. The maximum Gasteiger partial charge on any atom is 0.482 e. The van der Waals surface area contributed by atoms with E-state index in [4.69, 9.17) is 24.5 Å². The molecular weight excluding hydrogens is 411 g/mol. The van der Waals surface area contributed by atoms with Crippen LogP contribution in [0, 0.1) is 17.3 Å². The minimum absolute atomic E-state index is 0.0173. The maximum absolute atomic E-state index is 12.4. The minimum Gasteiger partial charge on any atom is -0.452 e. The van der Waals surface area contributed by atoms with E-state index in [0.29, 0.717) is 29.6 Å². The van der Waals surface area contributed by atoms with Gasteiger partial charge in [-0.3, -0.25) is 0 Å². The van der Waals surface area contributed by atoms with Gasteiger partial charge in [0.25, 0.3) is 0 Å². The Morgan fingerprint density at radius 2 is 1.97 bits per heavy atom. The molecule has 4 fully saturated rings. The van der Waals surface area contributed by atoms with E-state index in [0.717, 1.165) is 18.4 Å². The van der Waals surface area contributed by atoms with Gasteiger partial charge in [-0.15, -0.1) is 0 Å². The summed E-state index contributed by atoms with van der Waals surface area (Å²) in [6.07, 6.45) is 2.40. The number of primary amides is 1. The molecule has 5 aliphatic rings. The van der Waals surface area contributed by atoms with Crippen LogP contribution >= 0.6 is 0 Å². The number of para-hydroxylation sites is 1. The van der Waals surface area contributed by atoms with Gasteiger partial charge in [-0.05, 0) is 55.1 Å². The second-order valence-corrected chi connectivity index (χ2v) is 10.8. The summed E-state index contributed by atoms with van der Waals surface area (Å²) in [4.78, 5) is 24.3.